The van der Waals surface area contributed by atoms with Gasteiger partial charge in [-0.1, -0.05) is 69.3 Å². The Hall–Kier alpha value is -4.59. The van der Waals surface area contributed by atoms with E-state index in [1.165, 1.54) is 0 Å². The van der Waals surface area contributed by atoms with Crippen molar-refractivity contribution in [3.8, 4) is 23.0 Å². The first kappa shape index (κ1) is 29.9. The first-order chi connectivity index (χ1) is 20.9. The summed E-state index contributed by atoms with van der Waals surface area (Å²) < 4.78 is 22.7. The van der Waals surface area contributed by atoms with E-state index < -0.39 is 12.1 Å². The molecule has 4 aromatic rings. The topological polar surface area (TPSA) is 86.2 Å². The van der Waals surface area contributed by atoms with Crippen LogP contribution in [0.1, 0.15) is 54.2 Å². The molecule has 0 saturated heterocycles. The van der Waals surface area contributed by atoms with Crippen molar-refractivity contribution in [2.24, 2.45) is 0 Å². The van der Waals surface area contributed by atoms with Crippen molar-refractivity contribution in [2.45, 2.75) is 39.3 Å². The number of rotatable bonds is 12. The van der Waals surface area contributed by atoms with Crippen LogP contribution >= 0.6 is 0 Å². The maximum atomic E-state index is 12.6. The van der Waals surface area contributed by atoms with Crippen molar-refractivity contribution >= 4 is 17.1 Å². The molecule has 1 heterocycles. The zero-order valence-electron chi connectivity index (χ0n) is 24.7. The molecule has 1 atom stereocenters. The van der Waals surface area contributed by atoms with Gasteiger partial charge in [-0.3, -0.25) is 0 Å². The van der Waals surface area contributed by atoms with E-state index in [9.17, 15) is 9.90 Å². The fourth-order valence-electron chi connectivity index (χ4n) is 4.90. The highest BCUT2D eigenvalue weighted by atomic mass is 16.7. The number of hydrogen-bond donors (Lipinski definition) is 2. The van der Waals surface area contributed by atoms with E-state index in [0.29, 0.717) is 29.6 Å². The molecule has 7 heteroatoms. The minimum absolute atomic E-state index is 0.197. The Morgan fingerprint density at radius 3 is 2.09 bits per heavy atom. The molecule has 1 aliphatic rings. The van der Waals surface area contributed by atoms with E-state index in [4.69, 9.17) is 18.9 Å². The Morgan fingerprint density at radius 1 is 0.814 bits per heavy atom. The third kappa shape index (κ3) is 7.63. The third-order valence-corrected chi connectivity index (χ3v) is 7.09. The van der Waals surface area contributed by atoms with E-state index in [1.807, 2.05) is 98.8 Å². The van der Waals surface area contributed by atoms with Crippen LogP contribution in [0, 0.1) is 0 Å². The number of benzene rings is 4. The van der Waals surface area contributed by atoms with Crippen LogP contribution in [-0.2, 0) is 0 Å². The zero-order valence-corrected chi connectivity index (χ0v) is 24.7. The molecule has 0 aliphatic carbocycles. The molecule has 0 fully saturated rings. The SMILES string of the molecule is CC/C(=C(/c1ccc(OCC(O)CNC(C)C)cc1)c1ccc(OC(=O)c2ccccc2)cc1)c1ccc2c(c1)OCO2. The molecule has 0 aromatic heterocycles. The van der Waals surface area contributed by atoms with Crippen molar-refractivity contribution < 1.29 is 28.8 Å². The minimum atomic E-state index is -0.607. The van der Waals surface area contributed by atoms with Gasteiger partial charge >= 0.3 is 5.97 Å². The Balaban J connectivity index is 1.44. The molecule has 0 spiro atoms. The second-order valence-corrected chi connectivity index (χ2v) is 10.6. The van der Waals surface area contributed by atoms with Gasteiger partial charge in [-0.05, 0) is 82.8 Å². The molecule has 0 radical (unpaired) electrons. The summed E-state index contributed by atoms with van der Waals surface area (Å²) in [5.74, 6) is 2.20. The van der Waals surface area contributed by atoms with Gasteiger partial charge in [0.1, 0.15) is 24.2 Å². The molecule has 43 heavy (non-hydrogen) atoms. The number of fused-ring (bicyclic) bond motifs is 1. The van der Waals surface area contributed by atoms with Crippen LogP contribution < -0.4 is 24.3 Å². The number of hydrogen-bond acceptors (Lipinski definition) is 7. The van der Waals surface area contributed by atoms with Crippen LogP contribution in [0.4, 0.5) is 0 Å². The van der Waals surface area contributed by atoms with Crippen LogP contribution in [0.5, 0.6) is 23.0 Å². The highest BCUT2D eigenvalue weighted by Gasteiger charge is 2.19. The Bertz CT molecular complexity index is 1550. The molecule has 222 valence electrons. The summed E-state index contributed by atoms with van der Waals surface area (Å²) in [5.41, 5.74) is 5.65. The van der Waals surface area contributed by atoms with Gasteiger partial charge < -0.3 is 29.4 Å². The molecule has 2 N–H and O–H groups in total. The third-order valence-electron chi connectivity index (χ3n) is 7.09. The van der Waals surface area contributed by atoms with E-state index in [2.05, 4.69) is 12.2 Å². The quantitative estimate of drug-likeness (QED) is 0.109. The average Bonchev–Trinajstić information content (AvgIpc) is 3.51. The number of ether oxygens (including phenoxy) is 4. The molecule has 1 unspecified atom stereocenters. The van der Waals surface area contributed by atoms with Gasteiger partial charge in [0.05, 0.1) is 5.56 Å². The fraction of sp³-hybridized carbons (Fsp3) is 0.250. The van der Waals surface area contributed by atoms with E-state index in [1.54, 1.807) is 12.1 Å². The Morgan fingerprint density at radius 2 is 1.44 bits per heavy atom. The number of aliphatic hydroxyl groups excluding tert-OH is 1. The second-order valence-electron chi connectivity index (χ2n) is 10.6. The van der Waals surface area contributed by atoms with E-state index in [0.717, 1.165) is 45.8 Å². The number of carbonyl (C=O) groups excluding carboxylic acids is 1. The molecule has 0 bridgehead atoms. The standard InChI is InChI=1S/C36H37NO6/c1-4-32(28-14-19-33-34(20-28)42-23-41-33)35(25-10-15-30(16-11-25)40-22-29(38)21-37-24(2)3)26-12-17-31(18-13-26)43-36(39)27-8-6-5-7-9-27/h5-20,24,29,37-38H,4,21-23H2,1-3H3/b35-32+. The van der Waals surface area contributed by atoms with Crippen LogP contribution in [0.3, 0.4) is 0 Å². The lowest BCUT2D eigenvalue weighted by Crippen LogP contribution is -2.35. The molecule has 7 nitrogen and oxygen atoms in total. The van der Waals surface area contributed by atoms with Crippen molar-refractivity contribution in [3.05, 3.63) is 119 Å². The molecular formula is C36H37NO6. The lowest BCUT2D eigenvalue weighted by Gasteiger charge is -2.18. The number of aliphatic hydroxyl groups is 1. The summed E-state index contributed by atoms with van der Waals surface area (Å²) in [6, 6.07) is 30.7. The fourth-order valence-corrected chi connectivity index (χ4v) is 4.90. The van der Waals surface area contributed by atoms with Gasteiger partial charge in [-0.2, -0.15) is 0 Å². The highest BCUT2D eigenvalue weighted by molar-refractivity contribution is 5.99. The number of esters is 1. The van der Waals surface area contributed by atoms with Crippen LogP contribution in [0.15, 0.2) is 97.1 Å². The van der Waals surface area contributed by atoms with Crippen molar-refractivity contribution in [3.63, 3.8) is 0 Å². The summed E-state index contributed by atoms with van der Waals surface area (Å²) in [7, 11) is 0. The maximum Gasteiger partial charge on any atom is 0.343 e. The number of carbonyl (C=O) groups is 1. The first-order valence-corrected chi connectivity index (χ1v) is 14.6. The molecule has 5 rings (SSSR count). The Kier molecular flexibility index (Phi) is 9.77. The van der Waals surface area contributed by atoms with Crippen LogP contribution in [0.25, 0.3) is 11.1 Å². The predicted molar refractivity (Wildman–Crippen MR) is 168 cm³/mol. The minimum Gasteiger partial charge on any atom is -0.491 e. The lowest BCUT2D eigenvalue weighted by molar-refractivity contribution is 0.0734. The van der Waals surface area contributed by atoms with Gasteiger partial charge in [0.2, 0.25) is 6.79 Å². The zero-order chi connectivity index (χ0) is 30.2. The smallest absolute Gasteiger partial charge is 0.343 e. The van der Waals surface area contributed by atoms with E-state index >= 15 is 0 Å². The second kappa shape index (κ2) is 14.1. The summed E-state index contributed by atoms with van der Waals surface area (Å²) in [6.07, 6.45) is 0.150. The summed E-state index contributed by atoms with van der Waals surface area (Å²) in [4.78, 5) is 12.6. The Labute approximate surface area is 252 Å². The summed E-state index contributed by atoms with van der Waals surface area (Å²) in [6.45, 7) is 7.08. The molecule has 0 saturated carbocycles. The number of nitrogens with one attached hydrogen (secondary N) is 1. The van der Waals surface area contributed by atoms with Gasteiger partial charge in [0.25, 0.3) is 0 Å². The molecule has 1 aliphatic heterocycles. The van der Waals surface area contributed by atoms with Crippen LogP contribution in [-0.4, -0.2) is 43.2 Å². The number of allylic oxidation sites excluding steroid dienone is 1. The first-order valence-electron chi connectivity index (χ1n) is 14.6. The molecule has 4 aromatic carbocycles. The monoisotopic (exact) mass is 579 g/mol. The normalized spacial score (nSPS) is 13.4. The largest absolute Gasteiger partial charge is 0.491 e. The summed E-state index contributed by atoms with van der Waals surface area (Å²) >= 11 is 0. The van der Waals surface area contributed by atoms with Crippen molar-refractivity contribution in [2.75, 3.05) is 19.9 Å². The predicted octanol–water partition coefficient (Wildman–Crippen LogP) is 6.74. The van der Waals surface area contributed by atoms with Crippen molar-refractivity contribution in [1.82, 2.24) is 5.32 Å². The molecular weight excluding hydrogens is 542 g/mol. The highest BCUT2D eigenvalue weighted by Crippen LogP contribution is 2.40. The van der Waals surface area contributed by atoms with Gasteiger partial charge in [-0.25, -0.2) is 4.79 Å². The maximum absolute atomic E-state index is 12.6. The van der Waals surface area contributed by atoms with Gasteiger partial charge in [0.15, 0.2) is 11.5 Å². The average molecular weight is 580 g/mol. The summed E-state index contributed by atoms with van der Waals surface area (Å²) in [5, 5.41) is 13.5. The van der Waals surface area contributed by atoms with Gasteiger partial charge in [0, 0.05) is 12.6 Å². The van der Waals surface area contributed by atoms with Crippen LogP contribution in [0.2, 0.25) is 0 Å². The van der Waals surface area contributed by atoms with Crippen molar-refractivity contribution in [1.29, 1.82) is 0 Å². The molecule has 0 amide bonds. The van der Waals surface area contributed by atoms with E-state index in [-0.39, 0.29) is 13.4 Å². The van der Waals surface area contributed by atoms with Gasteiger partial charge in [-0.15, -0.1) is 0 Å². The lowest BCUT2D eigenvalue weighted by atomic mass is 9.88.